The lowest BCUT2D eigenvalue weighted by Gasteiger charge is -2.36. The summed E-state index contributed by atoms with van der Waals surface area (Å²) in [6.45, 7) is 9.44. The maximum Gasteiger partial charge on any atom is 0.240 e. The molecular weight excluding hydrogens is 228 g/mol. The van der Waals surface area contributed by atoms with Crippen molar-refractivity contribution in [1.82, 2.24) is 20.4 Å². The van der Waals surface area contributed by atoms with E-state index in [2.05, 4.69) is 41.1 Å². The van der Waals surface area contributed by atoms with Crippen molar-refractivity contribution >= 4 is 0 Å². The molecule has 0 amide bonds. The second kappa shape index (κ2) is 6.29. The van der Waals surface area contributed by atoms with E-state index in [1.165, 1.54) is 0 Å². The Hall–Kier alpha value is -0.940. The lowest BCUT2D eigenvalue weighted by molar-refractivity contribution is 0.123. The average Bonchev–Trinajstić information content (AvgIpc) is 2.79. The van der Waals surface area contributed by atoms with Gasteiger partial charge in [0, 0.05) is 31.6 Å². The van der Waals surface area contributed by atoms with Gasteiger partial charge in [0.25, 0.3) is 0 Å². The van der Waals surface area contributed by atoms with Crippen LogP contribution in [0.15, 0.2) is 4.52 Å². The van der Waals surface area contributed by atoms with E-state index < -0.39 is 0 Å². The van der Waals surface area contributed by atoms with Crippen LogP contribution < -0.4 is 5.32 Å². The van der Waals surface area contributed by atoms with E-state index in [0.29, 0.717) is 12.1 Å². The van der Waals surface area contributed by atoms with Crippen LogP contribution in [0.5, 0.6) is 0 Å². The maximum absolute atomic E-state index is 5.32. The van der Waals surface area contributed by atoms with Crippen LogP contribution >= 0.6 is 0 Å². The standard InChI is InChI=1S/C13H24N4O/c1-4-5-6-12-15-13(18-16-12)9-17-8-10(2)14-7-11(17)3/h10-11,14H,4-9H2,1-3H3. The van der Waals surface area contributed by atoms with Crippen molar-refractivity contribution in [2.75, 3.05) is 13.1 Å². The topological polar surface area (TPSA) is 54.2 Å². The fourth-order valence-electron chi connectivity index (χ4n) is 2.28. The van der Waals surface area contributed by atoms with Gasteiger partial charge in [0.1, 0.15) is 0 Å². The first kappa shape index (κ1) is 13.5. The molecule has 0 radical (unpaired) electrons. The van der Waals surface area contributed by atoms with Gasteiger partial charge >= 0.3 is 0 Å². The van der Waals surface area contributed by atoms with Gasteiger partial charge in [-0.3, -0.25) is 4.90 Å². The predicted octanol–water partition coefficient (Wildman–Crippen LogP) is 1.59. The summed E-state index contributed by atoms with van der Waals surface area (Å²) in [6, 6.07) is 1.05. The molecule has 0 aliphatic carbocycles. The summed E-state index contributed by atoms with van der Waals surface area (Å²) < 4.78 is 5.32. The van der Waals surface area contributed by atoms with Crippen LogP contribution in [0.3, 0.4) is 0 Å². The Bertz CT molecular complexity index is 366. The largest absolute Gasteiger partial charge is 0.338 e. The molecule has 18 heavy (non-hydrogen) atoms. The molecule has 0 spiro atoms. The second-order valence-electron chi connectivity index (χ2n) is 5.30. The van der Waals surface area contributed by atoms with Crippen molar-refractivity contribution in [3.8, 4) is 0 Å². The molecule has 0 bridgehead atoms. The van der Waals surface area contributed by atoms with Gasteiger partial charge in [0.05, 0.1) is 6.54 Å². The van der Waals surface area contributed by atoms with Crippen LogP contribution in [-0.4, -0.2) is 40.2 Å². The van der Waals surface area contributed by atoms with Crippen molar-refractivity contribution < 1.29 is 4.52 Å². The molecule has 1 aromatic heterocycles. The fourth-order valence-corrected chi connectivity index (χ4v) is 2.28. The minimum atomic E-state index is 0.521. The Morgan fingerprint density at radius 1 is 1.44 bits per heavy atom. The van der Waals surface area contributed by atoms with Gasteiger partial charge < -0.3 is 9.84 Å². The number of piperazine rings is 1. The number of aryl methyl sites for hydroxylation is 1. The lowest BCUT2D eigenvalue weighted by Crippen LogP contribution is -2.53. The first-order valence-electron chi connectivity index (χ1n) is 6.98. The summed E-state index contributed by atoms with van der Waals surface area (Å²) in [4.78, 5) is 6.86. The molecule has 5 heteroatoms. The first-order valence-corrected chi connectivity index (χ1v) is 6.98. The number of hydrogen-bond acceptors (Lipinski definition) is 5. The van der Waals surface area contributed by atoms with Crippen LogP contribution in [0.25, 0.3) is 0 Å². The highest BCUT2D eigenvalue weighted by atomic mass is 16.5. The number of nitrogens with zero attached hydrogens (tertiary/aromatic N) is 3. The van der Waals surface area contributed by atoms with E-state index in [1.54, 1.807) is 0 Å². The van der Waals surface area contributed by atoms with Crippen LogP contribution in [-0.2, 0) is 13.0 Å². The third kappa shape index (κ3) is 3.53. The number of hydrogen-bond donors (Lipinski definition) is 1. The molecule has 1 aliphatic rings. The van der Waals surface area contributed by atoms with Crippen molar-refractivity contribution in [3.05, 3.63) is 11.7 Å². The van der Waals surface area contributed by atoms with Crippen LogP contribution in [0.1, 0.15) is 45.3 Å². The number of nitrogens with one attached hydrogen (secondary N) is 1. The summed E-state index contributed by atoms with van der Waals surface area (Å²) in [5.74, 6) is 1.60. The SMILES string of the molecule is CCCCc1noc(CN2CC(C)NCC2C)n1. The Morgan fingerprint density at radius 3 is 3.06 bits per heavy atom. The first-order chi connectivity index (χ1) is 8.69. The van der Waals surface area contributed by atoms with Gasteiger partial charge in [0.2, 0.25) is 5.89 Å². The Labute approximate surface area is 109 Å². The monoisotopic (exact) mass is 252 g/mol. The molecule has 0 saturated carbocycles. The van der Waals surface area contributed by atoms with Gasteiger partial charge in [-0.25, -0.2) is 0 Å². The third-order valence-corrected chi connectivity index (χ3v) is 3.50. The minimum Gasteiger partial charge on any atom is -0.338 e. The number of unbranched alkanes of at least 4 members (excludes halogenated alkanes) is 1. The molecular formula is C13H24N4O. The Morgan fingerprint density at radius 2 is 2.28 bits per heavy atom. The molecule has 1 fully saturated rings. The predicted molar refractivity (Wildman–Crippen MR) is 70.2 cm³/mol. The molecule has 1 N–H and O–H groups in total. The fraction of sp³-hybridized carbons (Fsp3) is 0.846. The highest BCUT2D eigenvalue weighted by Gasteiger charge is 2.24. The highest BCUT2D eigenvalue weighted by Crippen LogP contribution is 2.11. The molecule has 1 aromatic rings. The zero-order valence-corrected chi connectivity index (χ0v) is 11.6. The zero-order chi connectivity index (χ0) is 13.0. The molecule has 2 atom stereocenters. The second-order valence-corrected chi connectivity index (χ2v) is 5.30. The minimum absolute atomic E-state index is 0.521. The summed E-state index contributed by atoms with van der Waals surface area (Å²) in [5, 5.41) is 7.51. The molecule has 2 rings (SSSR count). The van der Waals surface area contributed by atoms with Gasteiger partial charge in [-0.15, -0.1) is 0 Å². The highest BCUT2D eigenvalue weighted by molar-refractivity contribution is 4.89. The molecule has 2 heterocycles. The van der Waals surface area contributed by atoms with Crippen LogP contribution in [0.2, 0.25) is 0 Å². The van der Waals surface area contributed by atoms with Crippen molar-refractivity contribution in [1.29, 1.82) is 0 Å². The third-order valence-electron chi connectivity index (χ3n) is 3.50. The van der Waals surface area contributed by atoms with Crippen LogP contribution in [0, 0.1) is 0 Å². The van der Waals surface area contributed by atoms with Gasteiger partial charge in [-0.1, -0.05) is 18.5 Å². The van der Waals surface area contributed by atoms with Crippen molar-refractivity contribution in [3.63, 3.8) is 0 Å². The van der Waals surface area contributed by atoms with Gasteiger partial charge in [-0.05, 0) is 20.3 Å². The average molecular weight is 252 g/mol. The summed E-state index contributed by atoms with van der Waals surface area (Å²) in [7, 11) is 0. The van der Waals surface area contributed by atoms with E-state index in [9.17, 15) is 0 Å². The van der Waals surface area contributed by atoms with Crippen molar-refractivity contribution in [2.45, 2.75) is 58.7 Å². The lowest BCUT2D eigenvalue weighted by atomic mass is 10.1. The van der Waals surface area contributed by atoms with E-state index in [4.69, 9.17) is 4.52 Å². The molecule has 102 valence electrons. The van der Waals surface area contributed by atoms with Crippen molar-refractivity contribution in [2.24, 2.45) is 0 Å². The Balaban J connectivity index is 1.89. The molecule has 0 aromatic carbocycles. The van der Waals surface area contributed by atoms with Gasteiger partial charge in [-0.2, -0.15) is 4.98 Å². The summed E-state index contributed by atoms with van der Waals surface area (Å²) in [5.41, 5.74) is 0. The van der Waals surface area contributed by atoms with Crippen LogP contribution in [0.4, 0.5) is 0 Å². The Kier molecular flexibility index (Phi) is 4.72. The number of aromatic nitrogens is 2. The van der Waals surface area contributed by atoms with E-state index in [-0.39, 0.29) is 0 Å². The van der Waals surface area contributed by atoms with Gasteiger partial charge in [0.15, 0.2) is 5.82 Å². The number of rotatable bonds is 5. The van der Waals surface area contributed by atoms with E-state index in [1.807, 2.05) is 0 Å². The summed E-state index contributed by atoms with van der Waals surface area (Å²) in [6.07, 6.45) is 3.21. The normalized spacial score (nSPS) is 25.5. The van der Waals surface area contributed by atoms with E-state index in [0.717, 1.165) is 50.6 Å². The molecule has 2 unspecified atom stereocenters. The quantitative estimate of drug-likeness (QED) is 0.862. The van der Waals surface area contributed by atoms with E-state index >= 15 is 0 Å². The molecule has 5 nitrogen and oxygen atoms in total. The maximum atomic E-state index is 5.32. The zero-order valence-electron chi connectivity index (χ0n) is 11.6. The molecule has 1 aliphatic heterocycles. The summed E-state index contributed by atoms with van der Waals surface area (Å²) >= 11 is 0. The molecule has 1 saturated heterocycles. The smallest absolute Gasteiger partial charge is 0.240 e.